The van der Waals surface area contributed by atoms with Crippen molar-refractivity contribution in [1.29, 1.82) is 0 Å². The minimum atomic E-state index is -0.882. The molecule has 1 spiro atoms. The fraction of sp³-hybridized carbons (Fsp3) is 0.480. The number of anilines is 1. The Morgan fingerprint density at radius 2 is 2.03 bits per heavy atom. The lowest BCUT2D eigenvalue weighted by Crippen LogP contribution is -2.53. The molecule has 0 saturated carbocycles. The molecule has 180 valence electrons. The van der Waals surface area contributed by atoms with Crippen LogP contribution in [0.5, 0.6) is 0 Å². The zero-order valence-corrected chi connectivity index (χ0v) is 20.4. The van der Waals surface area contributed by atoms with Crippen LogP contribution in [0.15, 0.2) is 42.5 Å². The number of para-hydroxylation sites is 1. The smallest absolute Gasteiger partial charge is 0.311 e. The van der Waals surface area contributed by atoms with Crippen LogP contribution in [0, 0.1) is 18.8 Å². The van der Waals surface area contributed by atoms with Gasteiger partial charge in [0, 0.05) is 24.9 Å². The molecule has 4 aliphatic rings. The van der Waals surface area contributed by atoms with Gasteiger partial charge in [-0.15, -0.1) is 11.8 Å². The van der Waals surface area contributed by atoms with Crippen LogP contribution in [0.4, 0.5) is 5.69 Å². The number of carbonyl (C=O) groups excluding carboxylic acids is 3. The summed E-state index contributed by atoms with van der Waals surface area (Å²) < 4.78 is 4.50. The zero-order chi connectivity index (χ0) is 24.0. The second kappa shape index (κ2) is 9.06. The van der Waals surface area contributed by atoms with Gasteiger partial charge in [-0.1, -0.05) is 48.0 Å². The Kier molecular flexibility index (Phi) is 6.25. The van der Waals surface area contributed by atoms with Gasteiger partial charge in [-0.3, -0.25) is 14.4 Å². The SMILES string of the molecule is Cc1cccc(Cl)c1N1CC=C[C@]23S[C@H]4C=CCOC(=O)[C@H]4[C@H]2C(=O)N(CCCCO)C3C1=O. The number of cyclic esters (lactones) is 1. The number of amides is 2. The van der Waals surface area contributed by atoms with Crippen LogP contribution < -0.4 is 4.90 Å². The third-order valence-corrected chi connectivity index (χ3v) is 9.23. The zero-order valence-electron chi connectivity index (χ0n) is 18.9. The molecule has 5 atom stereocenters. The molecule has 9 heteroatoms. The fourth-order valence-electron chi connectivity index (χ4n) is 5.77. The Morgan fingerprint density at radius 1 is 1.21 bits per heavy atom. The lowest BCUT2D eigenvalue weighted by atomic mass is 9.78. The number of fused-ring (bicyclic) bond motifs is 2. The number of thioether (sulfide) groups is 1. The highest BCUT2D eigenvalue weighted by molar-refractivity contribution is 8.02. The van der Waals surface area contributed by atoms with Crippen LogP contribution in [0.2, 0.25) is 5.02 Å². The minimum Gasteiger partial charge on any atom is -0.461 e. The number of ether oxygens (including phenoxy) is 1. The van der Waals surface area contributed by atoms with Crippen LogP contribution in [0.1, 0.15) is 18.4 Å². The Labute approximate surface area is 207 Å². The second-order valence-electron chi connectivity index (χ2n) is 9.12. The highest BCUT2D eigenvalue weighted by atomic mass is 35.5. The molecule has 1 N–H and O–H groups in total. The molecule has 5 rings (SSSR count). The van der Waals surface area contributed by atoms with Gasteiger partial charge in [0.15, 0.2) is 0 Å². The largest absolute Gasteiger partial charge is 0.461 e. The molecular formula is C25H27ClN2O5S. The maximum Gasteiger partial charge on any atom is 0.311 e. The molecule has 1 aromatic rings. The number of carbonyl (C=O) groups is 3. The van der Waals surface area contributed by atoms with Gasteiger partial charge in [0.25, 0.3) is 5.91 Å². The first-order chi connectivity index (χ1) is 16.4. The number of benzene rings is 1. The summed E-state index contributed by atoms with van der Waals surface area (Å²) in [6.07, 6.45) is 8.73. The standard InChI is InChI=1S/C25H27ClN2O5S/c1-15-7-4-8-16(26)20(15)27-12-6-10-25-19(18-17(34-25)9-5-14-33-24(18)32)22(30)28(11-2-3-13-29)21(25)23(27)31/h4-10,17-19,21,29H,2-3,11-14H2,1H3/t17-,18+,19-,21?,25-/m0/s1. The van der Waals surface area contributed by atoms with E-state index in [1.165, 1.54) is 11.8 Å². The number of aliphatic hydroxyl groups is 1. The van der Waals surface area contributed by atoms with Gasteiger partial charge in [-0.2, -0.15) is 0 Å². The van der Waals surface area contributed by atoms with Gasteiger partial charge in [-0.05, 0) is 31.4 Å². The van der Waals surface area contributed by atoms with Crippen molar-refractivity contribution in [3.8, 4) is 0 Å². The average molecular weight is 503 g/mol. The summed E-state index contributed by atoms with van der Waals surface area (Å²) in [5.41, 5.74) is 1.51. The van der Waals surface area contributed by atoms with Crippen molar-refractivity contribution in [2.24, 2.45) is 11.8 Å². The molecule has 0 bridgehead atoms. The Hall–Kier alpha value is -2.29. The number of halogens is 1. The normalized spacial score (nSPS) is 32.3. The summed E-state index contributed by atoms with van der Waals surface area (Å²) in [5, 5.41) is 9.52. The van der Waals surface area contributed by atoms with Gasteiger partial charge in [0.1, 0.15) is 12.6 Å². The first-order valence-electron chi connectivity index (χ1n) is 11.6. The molecule has 7 nitrogen and oxygen atoms in total. The van der Waals surface area contributed by atoms with Crippen molar-refractivity contribution in [2.45, 2.75) is 35.8 Å². The van der Waals surface area contributed by atoms with E-state index in [2.05, 4.69) is 0 Å². The van der Waals surface area contributed by atoms with E-state index in [1.54, 1.807) is 15.9 Å². The summed E-state index contributed by atoms with van der Waals surface area (Å²) in [6.45, 7) is 2.77. The van der Waals surface area contributed by atoms with Crippen molar-refractivity contribution >= 4 is 46.8 Å². The lowest BCUT2D eigenvalue weighted by molar-refractivity contribution is -0.151. The van der Waals surface area contributed by atoms with Gasteiger partial charge in [-0.25, -0.2) is 0 Å². The van der Waals surface area contributed by atoms with Gasteiger partial charge in [0.2, 0.25) is 5.91 Å². The molecule has 2 saturated heterocycles. The number of aliphatic hydroxyl groups excluding tert-OH is 1. The van der Waals surface area contributed by atoms with Crippen molar-refractivity contribution in [3.63, 3.8) is 0 Å². The minimum absolute atomic E-state index is 0.0105. The Balaban J connectivity index is 1.62. The van der Waals surface area contributed by atoms with E-state index in [0.29, 0.717) is 36.6 Å². The van der Waals surface area contributed by atoms with Crippen LogP contribution in [-0.2, 0) is 19.1 Å². The molecule has 0 aromatic heterocycles. The van der Waals surface area contributed by atoms with Crippen LogP contribution in [0.25, 0.3) is 0 Å². The van der Waals surface area contributed by atoms with Crippen molar-refractivity contribution in [2.75, 3.05) is 31.2 Å². The topological polar surface area (TPSA) is 87.2 Å². The Morgan fingerprint density at radius 3 is 2.79 bits per heavy atom. The first kappa shape index (κ1) is 23.5. The third-order valence-electron chi connectivity index (χ3n) is 7.18. The highest BCUT2D eigenvalue weighted by Crippen LogP contribution is 2.61. The van der Waals surface area contributed by atoms with Gasteiger partial charge < -0.3 is 19.6 Å². The fourth-order valence-corrected chi connectivity index (χ4v) is 8.09. The van der Waals surface area contributed by atoms with Crippen LogP contribution in [0.3, 0.4) is 0 Å². The molecule has 1 unspecified atom stereocenters. The number of esters is 1. The van der Waals surface area contributed by atoms with Crippen LogP contribution >= 0.6 is 23.4 Å². The van der Waals surface area contributed by atoms with Crippen LogP contribution in [-0.4, -0.2) is 70.1 Å². The first-order valence-corrected chi connectivity index (χ1v) is 12.8. The summed E-state index contributed by atoms with van der Waals surface area (Å²) >= 11 is 8.05. The maximum absolute atomic E-state index is 14.2. The monoisotopic (exact) mass is 502 g/mol. The molecule has 34 heavy (non-hydrogen) atoms. The summed E-state index contributed by atoms with van der Waals surface area (Å²) in [7, 11) is 0. The molecule has 0 radical (unpaired) electrons. The molecule has 4 heterocycles. The highest BCUT2D eigenvalue weighted by Gasteiger charge is 2.71. The van der Waals surface area contributed by atoms with E-state index in [9.17, 15) is 19.5 Å². The molecule has 2 amide bonds. The van der Waals surface area contributed by atoms with E-state index in [1.807, 2.05) is 43.4 Å². The lowest BCUT2D eigenvalue weighted by Gasteiger charge is -2.35. The maximum atomic E-state index is 14.2. The number of nitrogens with zero attached hydrogens (tertiary/aromatic N) is 2. The van der Waals surface area contributed by atoms with E-state index < -0.39 is 28.6 Å². The molecule has 1 aromatic carbocycles. The predicted octanol–water partition coefficient (Wildman–Crippen LogP) is 2.73. The van der Waals surface area contributed by atoms with Gasteiger partial charge >= 0.3 is 5.97 Å². The van der Waals surface area contributed by atoms with E-state index >= 15 is 0 Å². The number of aryl methyl sites for hydroxylation is 1. The summed E-state index contributed by atoms with van der Waals surface area (Å²) in [6, 6.07) is 4.72. The summed E-state index contributed by atoms with van der Waals surface area (Å²) in [5.74, 6) is -2.14. The molecule has 2 fully saturated rings. The van der Waals surface area contributed by atoms with Gasteiger partial charge in [0.05, 0.1) is 27.3 Å². The molecular weight excluding hydrogens is 476 g/mol. The number of unbranched alkanes of at least 4 members (excludes halogenated alkanes) is 1. The van der Waals surface area contributed by atoms with Crippen molar-refractivity contribution in [3.05, 3.63) is 53.1 Å². The average Bonchev–Trinajstić information content (AvgIpc) is 3.10. The number of likely N-dealkylation sites (tertiary alicyclic amines) is 1. The van der Waals surface area contributed by atoms with E-state index in [4.69, 9.17) is 16.3 Å². The quantitative estimate of drug-likeness (QED) is 0.378. The number of hydrogen-bond donors (Lipinski definition) is 1. The van der Waals surface area contributed by atoms with Crippen molar-refractivity contribution < 1.29 is 24.2 Å². The second-order valence-corrected chi connectivity index (χ2v) is 11.0. The van der Waals surface area contributed by atoms with E-state index in [-0.39, 0.29) is 30.3 Å². The van der Waals surface area contributed by atoms with E-state index in [0.717, 1.165) is 5.56 Å². The number of rotatable bonds is 5. The summed E-state index contributed by atoms with van der Waals surface area (Å²) in [4.78, 5) is 44.4. The number of hydrogen-bond acceptors (Lipinski definition) is 6. The third kappa shape index (κ3) is 3.49. The van der Waals surface area contributed by atoms with Crippen molar-refractivity contribution in [1.82, 2.24) is 4.90 Å². The molecule has 4 aliphatic heterocycles. The Bertz CT molecular complexity index is 1070. The predicted molar refractivity (Wildman–Crippen MR) is 131 cm³/mol. The molecule has 0 aliphatic carbocycles.